The normalized spacial score (nSPS) is 14.3. The van der Waals surface area contributed by atoms with E-state index in [0.717, 1.165) is 103 Å². The second-order valence-corrected chi connectivity index (χ2v) is 24.6. The molecule has 0 rings (SSSR count). The van der Waals surface area contributed by atoms with E-state index in [4.69, 9.17) is 37.0 Å². The minimum Gasteiger partial charge on any atom is -0.462 e. The highest BCUT2D eigenvalue weighted by atomic mass is 31.2. The van der Waals surface area contributed by atoms with E-state index in [2.05, 4.69) is 27.7 Å². The Balaban J connectivity index is 5.11. The Bertz CT molecular complexity index is 1540. The summed E-state index contributed by atoms with van der Waals surface area (Å²) < 4.78 is 67.5. The van der Waals surface area contributed by atoms with E-state index in [1.165, 1.54) is 122 Å². The lowest BCUT2D eigenvalue weighted by Crippen LogP contribution is -2.30. The third kappa shape index (κ3) is 55.0. The molecule has 0 aliphatic carbocycles. The number of aliphatic hydroxyl groups excluding tert-OH is 1. The minimum absolute atomic E-state index is 0.104. The van der Waals surface area contributed by atoms with E-state index < -0.39 is 97.5 Å². The molecule has 0 aromatic carbocycles. The highest BCUT2D eigenvalue weighted by molar-refractivity contribution is 7.47. The minimum atomic E-state index is -4.94. The number of esters is 4. The van der Waals surface area contributed by atoms with E-state index in [1.54, 1.807) is 0 Å². The Morgan fingerprint density at radius 2 is 0.506 bits per heavy atom. The summed E-state index contributed by atoms with van der Waals surface area (Å²) in [5.41, 5.74) is 0. The summed E-state index contributed by atoms with van der Waals surface area (Å²) in [7, 11) is -9.86. The number of phosphoric acid groups is 2. The quantitative estimate of drug-likeness (QED) is 0.0222. The van der Waals surface area contributed by atoms with Crippen LogP contribution in [0.3, 0.4) is 0 Å². The third-order valence-corrected chi connectivity index (χ3v) is 15.8. The SMILES string of the molecule is CCCCCCCCCCCCCCCCCCCC(=O)O[C@H](COC(=O)CCCCCCCCCCC)COP(=O)(O)OC[C@@H](O)COP(=O)(O)OC[C@@H](COC(=O)CCCCCCC)OC(=O)CCCCCCCCCC. The smallest absolute Gasteiger partial charge is 0.462 e. The largest absolute Gasteiger partial charge is 0.472 e. The van der Waals surface area contributed by atoms with Gasteiger partial charge in [-0.25, -0.2) is 9.13 Å². The maximum absolute atomic E-state index is 12.9. The van der Waals surface area contributed by atoms with Crippen molar-refractivity contribution in [3.05, 3.63) is 0 Å². The number of hydrogen-bond donors (Lipinski definition) is 3. The fourth-order valence-electron chi connectivity index (χ4n) is 8.93. The van der Waals surface area contributed by atoms with Crippen molar-refractivity contribution in [2.75, 3.05) is 39.6 Å². The van der Waals surface area contributed by atoms with Gasteiger partial charge in [0.25, 0.3) is 0 Å². The van der Waals surface area contributed by atoms with Gasteiger partial charge in [0.15, 0.2) is 12.2 Å². The fourth-order valence-corrected chi connectivity index (χ4v) is 10.5. The van der Waals surface area contributed by atoms with Gasteiger partial charge in [0.05, 0.1) is 26.4 Å². The van der Waals surface area contributed by atoms with Gasteiger partial charge in [-0.05, 0) is 25.7 Å². The maximum atomic E-state index is 12.9. The van der Waals surface area contributed by atoms with Crippen LogP contribution in [0.2, 0.25) is 0 Å². The van der Waals surface area contributed by atoms with Gasteiger partial charge in [-0.3, -0.25) is 37.3 Å². The summed E-state index contributed by atoms with van der Waals surface area (Å²) in [5, 5.41) is 10.5. The molecule has 0 radical (unpaired) electrons. The number of ether oxygens (including phenoxy) is 4. The van der Waals surface area contributed by atoms with E-state index in [1.807, 2.05) is 0 Å². The summed E-state index contributed by atoms with van der Waals surface area (Å²) in [6.07, 6.45) is 39.4. The maximum Gasteiger partial charge on any atom is 0.472 e. The Hall–Kier alpha value is -1.94. The van der Waals surface area contributed by atoms with Crippen molar-refractivity contribution >= 4 is 39.5 Å². The number of hydrogen-bond acceptors (Lipinski definition) is 15. The van der Waals surface area contributed by atoms with Crippen LogP contribution in [0.15, 0.2) is 0 Å². The van der Waals surface area contributed by atoms with Gasteiger partial charge in [-0.2, -0.15) is 0 Å². The first-order chi connectivity index (χ1) is 38.2. The summed E-state index contributed by atoms with van der Waals surface area (Å²) >= 11 is 0. The number of carbonyl (C=O) groups is 4. The average molecular weight is 1170 g/mol. The molecule has 79 heavy (non-hydrogen) atoms. The molecule has 0 saturated heterocycles. The Kier molecular flexibility index (Phi) is 53.9. The molecule has 0 aromatic heterocycles. The molecule has 0 amide bonds. The summed E-state index contributed by atoms with van der Waals surface area (Å²) in [4.78, 5) is 71.6. The van der Waals surface area contributed by atoms with Gasteiger partial charge in [0.1, 0.15) is 19.3 Å². The number of carbonyl (C=O) groups excluding carboxylic acids is 4. The Morgan fingerprint density at radius 1 is 0.304 bits per heavy atom. The topological polar surface area (TPSA) is 237 Å². The van der Waals surface area contributed by atoms with Gasteiger partial charge >= 0.3 is 39.5 Å². The molecule has 0 spiro atoms. The van der Waals surface area contributed by atoms with Gasteiger partial charge in [0.2, 0.25) is 0 Å². The zero-order chi connectivity index (χ0) is 58.3. The summed E-state index contributed by atoms with van der Waals surface area (Å²) in [6.45, 7) is 4.74. The molecular weight excluding hydrogens is 1050 g/mol. The van der Waals surface area contributed by atoms with Gasteiger partial charge in [0, 0.05) is 25.7 Å². The molecule has 0 aliphatic rings. The van der Waals surface area contributed by atoms with Gasteiger partial charge in [-0.1, -0.05) is 252 Å². The van der Waals surface area contributed by atoms with Crippen molar-refractivity contribution in [3.8, 4) is 0 Å². The van der Waals surface area contributed by atoms with Crippen LogP contribution in [-0.4, -0.2) is 96.7 Å². The van der Waals surface area contributed by atoms with E-state index in [9.17, 15) is 43.2 Å². The molecule has 2 unspecified atom stereocenters. The van der Waals surface area contributed by atoms with Crippen LogP contribution >= 0.6 is 15.6 Å². The third-order valence-electron chi connectivity index (χ3n) is 13.9. The second kappa shape index (κ2) is 55.3. The fraction of sp³-hybridized carbons (Fsp3) is 0.933. The highest BCUT2D eigenvalue weighted by Crippen LogP contribution is 2.45. The lowest BCUT2D eigenvalue weighted by molar-refractivity contribution is -0.161. The number of phosphoric ester groups is 2. The molecule has 17 nitrogen and oxygen atoms in total. The molecule has 5 atom stereocenters. The molecule has 0 heterocycles. The monoisotopic (exact) mass is 1170 g/mol. The lowest BCUT2D eigenvalue weighted by Gasteiger charge is -2.21. The number of unbranched alkanes of at least 4 members (excludes halogenated alkanes) is 35. The molecule has 19 heteroatoms. The van der Waals surface area contributed by atoms with Crippen molar-refractivity contribution in [1.29, 1.82) is 0 Å². The first kappa shape index (κ1) is 77.1. The van der Waals surface area contributed by atoms with Crippen LogP contribution in [0, 0.1) is 0 Å². The summed E-state index contributed by atoms with van der Waals surface area (Å²) in [5.74, 6) is -2.15. The van der Waals surface area contributed by atoms with Crippen molar-refractivity contribution in [3.63, 3.8) is 0 Å². The van der Waals surface area contributed by atoms with Crippen LogP contribution < -0.4 is 0 Å². The molecule has 0 aromatic rings. The first-order valence-corrected chi connectivity index (χ1v) is 34.8. The Labute approximate surface area is 479 Å². The summed E-state index contributed by atoms with van der Waals surface area (Å²) in [6, 6.07) is 0. The van der Waals surface area contributed by atoms with Gasteiger partial charge < -0.3 is 33.8 Å². The highest BCUT2D eigenvalue weighted by Gasteiger charge is 2.30. The predicted octanol–water partition coefficient (Wildman–Crippen LogP) is 16.4. The van der Waals surface area contributed by atoms with Crippen molar-refractivity contribution in [1.82, 2.24) is 0 Å². The van der Waals surface area contributed by atoms with Crippen LogP contribution in [-0.2, 0) is 65.4 Å². The van der Waals surface area contributed by atoms with Crippen molar-refractivity contribution in [2.24, 2.45) is 0 Å². The number of aliphatic hydroxyl groups is 1. The predicted molar refractivity (Wildman–Crippen MR) is 312 cm³/mol. The molecule has 0 bridgehead atoms. The Morgan fingerprint density at radius 3 is 0.747 bits per heavy atom. The molecule has 0 saturated carbocycles. The standard InChI is InChI=1S/C60H116O17P2/c1-5-9-13-17-20-23-24-25-26-27-28-29-30-32-35-39-43-47-60(65)77-56(51-71-58(63)45-41-37-34-31-21-18-14-10-6-2)53-75-79(68,69)73-49-54(61)48-72-78(66,67)74-52-55(50-70-57(62)44-40-36-16-12-8-4)76-59(64)46-42-38-33-22-19-15-11-7-3/h54-56,61H,5-53H2,1-4H3,(H,66,67)(H,68,69)/t54-,55+,56+/m0/s1. The molecule has 468 valence electrons. The zero-order valence-corrected chi connectivity index (χ0v) is 52.1. The van der Waals surface area contributed by atoms with Crippen molar-refractivity contribution in [2.45, 2.75) is 322 Å². The number of rotatable bonds is 61. The zero-order valence-electron chi connectivity index (χ0n) is 50.3. The van der Waals surface area contributed by atoms with E-state index in [-0.39, 0.29) is 25.7 Å². The van der Waals surface area contributed by atoms with Crippen LogP contribution in [0.25, 0.3) is 0 Å². The second-order valence-electron chi connectivity index (χ2n) is 21.7. The van der Waals surface area contributed by atoms with Crippen molar-refractivity contribution < 1.29 is 80.2 Å². The van der Waals surface area contributed by atoms with Gasteiger partial charge in [-0.15, -0.1) is 0 Å². The van der Waals surface area contributed by atoms with Crippen LogP contribution in [0.4, 0.5) is 0 Å². The van der Waals surface area contributed by atoms with E-state index in [0.29, 0.717) is 25.7 Å². The molecule has 0 fully saturated rings. The average Bonchev–Trinajstić information content (AvgIpc) is 3.42. The lowest BCUT2D eigenvalue weighted by atomic mass is 10.0. The first-order valence-electron chi connectivity index (χ1n) is 31.8. The van der Waals surface area contributed by atoms with Crippen LogP contribution in [0.5, 0.6) is 0 Å². The molecular formula is C60H116O17P2. The van der Waals surface area contributed by atoms with Crippen LogP contribution in [0.1, 0.15) is 304 Å². The molecule has 0 aliphatic heterocycles. The molecule has 3 N–H and O–H groups in total. The van der Waals surface area contributed by atoms with E-state index >= 15 is 0 Å².